The summed E-state index contributed by atoms with van der Waals surface area (Å²) in [6.45, 7) is 1.76. The van der Waals surface area contributed by atoms with E-state index in [-0.39, 0.29) is 12.0 Å². The Bertz CT molecular complexity index is 1280. The fraction of sp³-hybridized carbons (Fsp3) is 0.480. The Labute approximate surface area is 206 Å². The predicted octanol–water partition coefficient (Wildman–Crippen LogP) is 3.58. The minimum Gasteiger partial charge on any atom is -0.419 e. The van der Waals surface area contributed by atoms with Gasteiger partial charge in [-0.1, -0.05) is 30.3 Å². The minimum atomic E-state index is -3.48. The molecule has 0 bridgehead atoms. The maximum absolute atomic E-state index is 12.2. The molecule has 1 N–H and O–H groups in total. The minimum absolute atomic E-state index is 0.0792. The number of pyridine rings is 1. The number of piperidine rings is 1. The van der Waals surface area contributed by atoms with Crippen LogP contribution in [0.3, 0.4) is 0 Å². The number of aromatic nitrogens is 3. The molecular weight excluding hydrogens is 464 g/mol. The van der Waals surface area contributed by atoms with Crippen molar-refractivity contribution in [2.24, 2.45) is 5.92 Å². The largest absolute Gasteiger partial charge is 0.419 e. The van der Waals surface area contributed by atoms with Crippen LogP contribution in [-0.2, 0) is 10.0 Å². The second-order valence-electron chi connectivity index (χ2n) is 9.66. The summed E-state index contributed by atoms with van der Waals surface area (Å²) < 4.78 is 31.9. The van der Waals surface area contributed by atoms with Gasteiger partial charge in [0.05, 0.1) is 12.3 Å². The highest BCUT2D eigenvalue weighted by Crippen LogP contribution is 2.38. The van der Waals surface area contributed by atoms with Crippen LogP contribution in [-0.4, -0.2) is 57.0 Å². The second kappa shape index (κ2) is 9.58. The molecule has 3 aromatic rings. The maximum atomic E-state index is 12.2. The lowest BCUT2D eigenvalue weighted by atomic mass is 9.85. The predicted molar refractivity (Wildman–Crippen MR) is 136 cm³/mol. The lowest BCUT2D eigenvalue weighted by molar-refractivity contribution is 0.303. The zero-order chi connectivity index (χ0) is 24.6. The molecule has 1 saturated heterocycles. The number of hydrogen-bond acceptors (Lipinski definition) is 8. The van der Waals surface area contributed by atoms with E-state index in [2.05, 4.69) is 49.7 Å². The Morgan fingerprint density at radius 3 is 2.51 bits per heavy atom. The van der Waals surface area contributed by atoms with Gasteiger partial charge in [-0.15, -0.1) is 10.2 Å². The smallest absolute Gasteiger partial charge is 0.248 e. The molecule has 0 amide bonds. The number of hydrogen-bond donors (Lipinski definition) is 1. The summed E-state index contributed by atoms with van der Waals surface area (Å²) in [6, 6.07) is 13.9. The third kappa shape index (κ3) is 5.33. The Morgan fingerprint density at radius 1 is 1.06 bits per heavy atom. The highest BCUT2D eigenvalue weighted by molar-refractivity contribution is 7.92. The van der Waals surface area contributed by atoms with Crippen molar-refractivity contribution >= 4 is 21.7 Å². The summed E-state index contributed by atoms with van der Waals surface area (Å²) in [4.78, 5) is 6.69. The SMILES string of the molecule is CN(CC1CC1)c1cc(-c2nnc([C@@H]3NCCC[C@@H]3c3ccccc3)o2)cc(N(C)S(C)(=O)=O)n1. The summed E-state index contributed by atoms with van der Waals surface area (Å²) in [6.07, 6.45) is 5.71. The van der Waals surface area contributed by atoms with Crippen LogP contribution >= 0.6 is 0 Å². The molecule has 1 aliphatic heterocycles. The Morgan fingerprint density at radius 2 is 1.80 bits per heavy atom. The van der Waals surface area contributed by atoms with E-state index in [4.69, 9.17) is 4.42 Å². The molecule has 2 atom stereocenters. The average Bonchev–Trinajstić information content (AvgIpc) is 3.54. The monoisotopic (exact) mass is 496 g/mol. The average molecular weight is 497 g/mol. The van der Waals surface area contributed by atoms with Gasteiger partial charge in [-0.05, 0) is 55.8 Å². The van der Waals surface area contributed by atoms with Gasteiger partial charge in [0.2, 0.25) is 21.8 Å². The van der Waals surface area contributed by atoms with Crippen molar-refractivity contribution in [2.45, 2.75) is 37.6 Å². The van der Waals surface area contributed by atoms with Crippen molar-refractivity contribution in [3.05, 3.63) is 53.9 Å². The number of anilines is 2. The topological polar surface area (TPSA) is 104 Å². The number of nitrogens with one attached hydrogen (secondary N) is 1. The molecule has 1 aliphatic carbocycles. The van der Waals surface area contributed by atoms with E-state index >= 15 is 0 Å². The van der Waals surface area contributed by atoms with E-state index < -0.39 is 10.0 Å². The van der Waals surface area contributed by atoms with Crippen molar-refractivity contribution in [1.82, 2.24) is 20.5 Å². The van der Waals surface area contributed by atoms with Crippen LogP contribution in [0.25, 0.3) is 11.5 Å². The van der Waals surface area contributed by atoms with Crippen molar-refractivity contribution in [2.75, 3.05) is 42.6 Å². The normalized spacial score (nSPS) is 20.5. The summed E-state index contributed by atoms with van der Waals surface area (Å²) in [7, 11) is -0.00392. The van der Waals surface area contributed by atoms with Crippen LogP contribution in [0.4, 0.5) is 11.6 Å². The molecule has 2 aromatic heterocycles. The van der Waals surface area contributed by atoms with E-state index in [1.54, 1.807) is 6.07 Å². The van der Waals surface area contributed by atoms with Gasteiger partial charge in [0.15, 0.2) is 0 Å². The molecule has 2 aliphatic rings. The number of benzene rings is 1. The lowest BCUT2D eigenvalue weighted by Gasteiger charge is -2.30. The molecule has 186 valence electrons. The highest BCUT2D eigenvalue weighted by atomic mass is 32.2. The third-order valence-electron chi connectivity index (χ3n) is 6.88. The molecule has 5 rings (SSSR count). The number of rotatable bonds is 8. The third-order valence-corrected chi connectivity index (χ3v) is 8.06. The summed E-state index contributed by atoms with van der Waals surface area (Å²) >= 11 is 0. The van der Waals surface area contributed by atoms with Gasteiger partial charge in [0, 0.05) is 32.1 Å². The number of sulfonamides is 1. The molecule has 35 heavy (non-hydrogen) atoms. The first kappa shape index (κ1) is 23.7. The van der Waals surface area contributed by atoms with Crippen molar-refractivity contribution in [3.63, 3.8) is 0 Å². The van der Waals surface area contributed by atoms with Crippen LogP contribution in [0.1, 0.15) is 49.1 Å². The van der Waals surface area contributed by atoms with Crippen LogP contribution in [0.2, 0.25) is 0 Å². The van der Waals surface area contributed by atoms with E-state index in [0.717, 1.165) is 32.2 Å². The maximum Gasteiger partial charge on any atom is 0.248 e. The first-order valence-corrected chi connectivity index (χ1v) is 13.9. The molecule has 3 heterocycles. The van der Waals surface area contributed by atoms with Crippen LogP contribution < -0.4 is 14.5 Å². The summed E-state index contributed by atoms with van der Waals surface area (Å²) in [5.41, 5.74) is 1.89. The standard InChI is InChI=1S/C25H32N6O3S/c1-30(16-17-11-12-17)21-14-19(15-22(27-21)31(2)35(3,32)33)24-28-29-25(34-24)23-20(10-7-13-26-23)18-8-5-4-6-9-18/h4-6,8-9,14-15,17,20,23,26H,7,10-13,16H2,1-3H3/t20-,23-/m1/s1. The highest BCUT2D eigenvalue weighted by Gasteiger charge is 2.32. The summed E-state index contributed by atoms with van der Waals surface area (Å²) in [5, 5.41) is 12.3. The van der Waals surface area contributed by atoms with Gasteiger partial charge in [-0.2, -0.15) is 0 Å². The fourth-order valence-corrected chi connectivity index (χ4v) is 5.05. The zero-order valence-corrected chi connectivity index (χ0v) is 21.2. The molecule has 9 nitrogen and oxygen atoms in total. The first-order chi connectivity index (χ1) is 16.8. The molecule has 0 spiro atoms. The summed E-state index contributed by atoms with van der Waals surface area (Å²) in [5.74, 6) is 2.78. The fourth-order valence-electron chi connectivity index (χ4n) is 4.62. The molecule has 10 heteroatoms. The van der Waals surface area contributed by atoms with Gasteiger partial charge in [-0.25, -0.2) is 13.4 Å². The second-order valence-corrected chi connectivity index (χ2v) is 11.7. The van der Waals surface area contributed by atoms with Gasteiger partial charge in [-0.3, -0.25) is 4.31 Å². The van der Waals surface area contributed by atoms with E-state index in [9.17, 15) is 8.42 Å². The molecule has 0 radical (unpaired) electrons. The molecule has 2 fully saturated rings. The van der Waals surface area contributed by atoms with E-state index in [0.29, 0.717) is 34.9 Å². The first-order valence-electron chi connectivity index (χ1n) is 12.1. The van der Waals surface area contributed by atoms with E-state index in [1.807, 2.05) is 19.2 Å². The van der Waals surface area contributed by atoms with Crippen molar-refractivity contribution in [1.29, 1.82) is 0 Å². The Kier molecular flexibility index (Phi) is 6.50. The van der Waals surface area contributed by atoms with Gasteiger partial charge in [0.25, 0.3) is 0 Å². The van der Waals surface area contributed by atoms with Crippen LogP contribution in [0.5, 0.6) is 0 Å². The quantitative estimate of drug-likeness (QED) is 0.505. The number of nitrogens with zero attached hydrogens (tertiary/aromatic N) is 5. The lowest BCUT2D eigenvalue weighted by Crippen LogP contribution is -2.33. The van der Waals surface area contributed by atoms with Gasteiger partial charge >= 0.3 is 0 Å². The van der Waals surface area contributed by atoms with Crippen LogP contribution in [0.15, 0.2) is 46.9 Å². The van der Waals surface area contributed by atoms with Crippen molar-refractivity contribution < 1.29 is 12.8 Å². The zero-order valence-electron chi connectivity index (χ0n) is 20.4. The molecule has 1 aromatic carbocycles. The van der Waals surface area contributed by atoms with Gasteiger partial charge < -0.3 is 14.6 Å². The van der Waals surface area contributed by atoms with Crippen LogP contribution in [0, 0.1) is 5.92 Å². The molecular formula is C25H32N6O3S. The Hall–Kier alpha value is -2.98. The van der Waals surface area contributed by atoms with Gasteiger partial charge in [0.1, 0.15) is 11.6 Å². The van der Waals surface area contributed by atoms with E-state index in [1.165, 1.54) is 29.8 Å². The molecule has 0 unspecified atom stereocenters. The van der Waals surface area contributed by atoms with Crippen molar-refractivity contribution in [3.8, 4) is 11.5 Å². The molecule has 1 saturated carbocycles. The Balaban J connectivity index is 1.49.